The van der Waals surface area contributed by atoms with Crippen molar-refractivity contribution < 1.29 is 4.74 Å². The van der Waals surface area contributed by atoms with Gasteiger partial charge in [0.2, 0.25) is 0 Å². The van der Waals surface area contributed by atoms with Gasteiger partial charge >= 0.3 is 0 Å². The Morgan fingerprint density at radius 2 is 2.14 bits per heavy atom. The molecule has 1 aliphatic rings. The maximum Gasteiger partial charge on any atom is 0.186 e. The summed E-state index contributed by atoms with van der Waals surface area (Å²) in [6.07, 6.45) is 2.27. The summed E-state index contributed by atoms with van der Waals surface area (Å²) in [5, 5.41) is 4.61. The van der Waals surface area contributed by atoms with Crippen LogP contribution in [0.5, 0.6) is 0 Å². The van der Waals surface area contributed by atoms with Crippen LogP contribution in [0.15, 0.2) is 5.57 Å². The molecule has 0 spiro atoms. The van der Waals surface area contributed by atoms with Gasteiger partial charge < -0.3 is 15.0 Å². The Morgan fingerprint density at radius 1 is 1.43 bits per heavy atom. The van der Waals surface area contributed by atoms with Crippen LogP contribution in [0.1, 0.15) is 31.3 Å². The SMILES string of the molecule is CC(=Cc1sc(N2CCOCC2)nc1C)CNCC(C)C. The molecule has 21 heavy (non-hydrogen) atoms. The number of hydrogen-bond donors (Lipinski definition) is 1. The monoisotopic (exact) mass is 309 g/mol. The fourth-order valence-electron chi connectivity index (χ4n) is 2.25. The van der Waals surface area contributed by atoms with E-state index in [0.29, 0.717) is 5.92 Å². The number of morpholine rings is 1. The van der Waals surface area contributed by atoms with Crippen LogP contribution in [0.2, 0.25) is 0 Å². The molecule has 1 aromatic heterocycles. The minimum absolute atomic E-state index is 0.691. The third-order valence-corrected chi connectivity index (χ3v) is 4.60. The van der Waals surface area contributed by atoms with Crippen LogP contribution in [-0.4, -0.2) is 44.4 Å². The number of ether oxygens (including phenoxy) is 1. The van der Waals surface area contributed by atoms with Crippen LogP contribution in [0.4, 0.5) is 5.13 Å². The van der Waals surface area contributed by atoms with Gasteiger partial charge in [-0.3, -0.25) is 0 Å². The Bertz CT molecular complexity index is 476. The molecule has 1 saturated heterocycles. The van der Waals surface area contributed by atoms with Crippen LogP contribution < -0.4 is 10.2 Å². The van der Waals surface area contributed by atoms with E-state index in [1.807, 2.05) is 0 Å². The molecule has 2 heterocycles. The minimum atomic E-state index is 0.691. The van der Waals surface area contributed by atoms with Gasteiger partial charge in [-0.25, -0.2) is 4.98 Å². The number of thiazole rings is 1. The molecule has 0 unspecified atom stereocenters. The van der Waals surface area contributed by atoms with Crippen LogP contribution in [0, 0.1) is 12.8 Å². The number of aromatic nitrogens is 1. The first kappa shape index (κ1) is 16.5. The highest BCUT2D eigenvalue weighted by atomic mass is 32.1. The third kappa shape index (κ3) is 5.09. The van der Waals surface area contributed by atoms with Crippen LogP contribution in [0.3, 0.4) is 0 Å². The van der Waals surface area contributed by atoms with E-state index in [4.69, 9.17) is 9.72 Å². The third-order valence-electron chi connectivity index (χ3n) is 3.44. The van der Waals surface area contributed by atoms with Crippen molar-refractivity contribution in [1.29, 1.82) is 0 Å². The molecule has 5 heteroatoms. The zero-order valence-corrected chi connectivity index (χ0v) is 14.4. The molecule has 0 aliphatic carbocycles. The van der Waals surface area contributed by atoms with Gasteiger partial charge in [0.15, 0.2) is 5.13 Å². The fourth-order valence-corrected chi connectivity index (χ4v) is 3.39. The standard InChI is InChI=1S/C16H27N3OS/c1-12(2)10-17-11-13(3)9-15-14(4)18-16(21-15)19-5-7-20-8-6-19/h9,12,17H,5-8,10-11H2,1-4H3. The van der Waals surface area contributed by atoms with Crippen molar-refractivity contribution in [1.82, 2.24) is 10.3 Å². The second kappa shape index (κ2) is 7.92. The summed E-state index contributed by atoms with van der Waals surface area (Å²) < 4.78 is 5.40. The molecular weight excluding hydrogens is 282 g/mol. The Labute approximate surface area is 132 Å². The average Bonchev–Trinajstić information content (AvgIpc) is 2.81. The maximum atomic E-state index is 5.40. The van der Waals surface area contributed by atoms with Gasteiger partial charge in [-0.15, -0.1) is 0 Å². The second-order valence-electron chi connectivity index (χ2n) is 6.06. The predicted molar refractivity (Wildman–Crippen MR) is 91.2 cm³/mol. The zero-order chi connectivity index (χ0) is 15.2. The summed E-state index contributed by atoms with van der Waals surface area (Å²) in [4.78, 5) is 8.32. The Morgan fingerprint density at radius 3 is 2.81 bits per heavy atom. The smallest absolute Gasteiger partial charge is 0.186 e. The molecule has 0 bridgehead atoms. The van der Waals surface area contributed by atoms with Gasteiger partial charge in [-0.05, 0) is 32.4 Å². The van der Waals surface area contributed by atoms with E-state index in [1.165, 1.54) is 10.5 Å². The quantitative estimate of drug-likeness (QED) is 0.877. The van der Waals surface area contributed by atoms with Crippen molar-refractivity contribution in [2.45, 2.75) is 27.7 Å². The lowest BCUT2D eigenvalue weighted by Crippen LogP contribution is -2.36. The lowest BCUT2D eigenvalue weighted by Gasteiger charge is -2.26. The van der Waals surface area contributed by atoms with Crippen LogP contribution in [0.25, 0.3) is 6.08 Å². The molecule has 1 N–H and O–H groups in total. The van der Waals surface area contributed by atoms with Gasteiger partial charge in [0.25, 0.3) is 0 Å². The number of aryl methyl sites for hydroxylation is 1. The number of nitrogens with zero attached hydrogens (tertiary/aromatic N) is 2. The summed E-state index contributed by atoms with van der Waals surface area (Å²) in [6, 6.07) is 0. The summed E-state index contributed by atoms with van der Waals surface area (Å²) >= 11 is 1.79. The van der Waals surface area contributed by atoms with Gasteiger partial charge in [0, 0.05) is 19.6 Å². The number of hydrogen-bond acceptors (Lipinski definition) is 5. The van der Waals surface area contributed by atoms with E-state index >= 15 is 0 Å². The zero-order valence-electron chi connectivity index (χ0n) is 13.6. The molecular formula is C16H27N3OS. The molecule has 118 valence electrons. The molecule has 0 saturated carbocycles. The molecule has 2 rings (SSSR count). The number of rotatable bonds is 6. The van der Waals surface area contributed by atoms with E-state index in [0.717, 1.165) is 50.2 Å². The first-order chi connectivity index (χ1) is 10.1. The van der Waals surface area contributed by atoms with Crippen molar-refractivity contribution in [3.63, 3.8) is 0 Å². The fraction of sp³-hybridized carbons (Fsp3) is 0.688. The van der Waals surface area contributed by atoms with Crippen molar-refractivity contribution >= 4 is 22.5 Å². The first-order valence-corrected chi connectivity index (χ1v) is 8.56. The van der Waals surface area contributed by atoms with Crippen molar-refractivity contribution in [2.24, 2.45) is 5.92 Å². The molecule has 0 amide bonds. The average molecular weight is 309 g/mol. The Hall–Kier alpha value is -0.910. The highest BCUT2D eigenvalue weighted by Gasteiger charge is 2.16. The predicted octanol–water partition coefficient (Wildman–Crippen LogP) is 2.94. The molecule has 4 nitrogen and oxygen atoms in total. The molecule has 1 aliphatic heterocycles. The van der Waals surface area contributed by atoms with E-state index in [9.17, 15) is 0 Å². The summed E-state index contributed by atoms with van der Waals surface area (Å²) in [6.45, 7) is 14.3. The Balaban J connectivity index is 1.97. The van der Waals surface area contributed by atoms with Gasteiger partial charge in [0.1, 0.15) is 0 Å². The second-order valence-corrected chi connectivity index (χ2v) is 7.07. The number of anilines is 1. The van der Waals surface area contributed by atoms with Crippen molar-refractivity contribution in [3.05, 3.63) is 16.1 Å². The topological polar surface area (TPSA) is 37.4 Å². The molecule has 1 aromatic rings. The van der Waals surface area contributed by atoms with E-state index < -0.39 is 0 Å². The lowest BCUT2D eigenvalue weighted by atomic mass is 10.2. The van der Waals surface area contributed by atoms with E-state index in [-0.39, 0.29) is 0 Å². The molecule has 0 atom stereocenters. The molecule has 0 radical (unpaired) electrons. The highest BCUT2D eigenvalue weighted by molar-refractivity contribution is 7.16. The highest BCUT2D eigenvalue weighted by Crippen LogP contribution is 2.28. The lowest BCUT2D eigenvalue weighted by molar-refractivity contribution is 0.122. The number of nitrogens with one attached hydrogen (secondary N) is 1. The first-order valence-electron chi connectivity index (χ1n) is 7.74. The minimum Gasteiger partial charge on any atom is -0.378 e. The van der Waals surface area contributed by atoms with Crippen molar-refractivity contribution in [2.75, 3.05) is 44.3 Å². The molecule has 0 aromatic carbocycles. The van der Waals surface area contributed by atoms with Crippen molar-refractivity contribution in [3.8, 4) is 0 Å². The maximum absolute atomic E-state index is 5.40. The largest absolute Gasteiger partial charge is 0.378 e. The summed E-state index contributed by atoms with van der Waals surface area (Å²) in [7, 11) is 0. The van der Waals surface area contributed by atoms with Crippen LogP contribution >= 0.6 is 11.3 Å². The Kier molecular flexibility index (Phi) is 6.21. The summed E-state index contributed by atoms with van der Waals surface area (Å²) in [5.41, 5.74) is 2.49. The van der Waals surface area contributed by atoms with E-state index in [1.54, 1.807) is 11.3 Å². The van der Waals surface area contributed by atoms with Crippen LogP contribution in [-0.2, 0) is 4.74 Å². The summed E-state index contributed by atoms with van der Waals surface area (Å²) in [5.74, 6) is 0.691. The normalized spacial score (nSPS) is 16.8. The van der Waals surface area contributed by atoms with Gasteiger partial charge in [-0.2, -0.15) is 0 Å². The van der Waals surface area contributed by atoms with Gasteiger partial charge in [0.05, 0.1) is 23.8 Å². The van der Waals surface area contributed by atoms with E-state index in [2.05, 4.69) is 44.0 Å². The van der Waals surface area contributed by atoms with Gasteiger partial charge in [-0.1, -0.05) is 30.8 Å². The molecule has 1 fully saturated rings.